The van der Waals surface area contributed by atoms with Gasteiger partial charge >= 0.3 is 5.97 Å². The Kier molecular flexibility index (Phi) is 5.76. The van der Waals surface area contributed by atoms with Crippen LogP contribution in [0.15, 0.2) is 12.5 Å². The van der Waals surface area contributed by atoms with Crippen molar-refractivity contribution in [2.24, 2.45) is 5.92 Å². The van der Waals surface area contributed by atoms with Crippen LogP contribution in [0.5, 0.6) is 0 Å². The van der Waals surface area contributed by atoms with Gasteiger partial charge in [0.2, 0.25) is 0 Å². The maximum Gasteiger partial charge on any atom is 0.310 e. The zero-order valence-electron chi connectivity index (χ0n) is 12.9. The minimum absolute atomic E-state index is 0.0487. The van der Waals surface area contributed by atoms with Crippen molar-refractivity contribution in [2.45, 2.75) is 45.8 Å². The van der Waals surface area contributed by atoms with Crippen LogP contribution < -0.4 is 0 Å². The molecule has 1 aliphatic heterocycles. The van der Waals surface area contributed by atoms with E-state index in [1.165, 1.54) is 0 Å². The number of hydrogen-bond acceptors (Lipinski definition) is 4. The van der Waals surface area contributed by atoms with Crippen molar-refractivity contribution in [3.63, 3.8) is 0 Å². The molecule has 1 N–H and O–H groups in total. The number of rotatable bonds is 8. The monoisotopic (exact) mass is 295 g/mol. The summed E-state index contributed by atoms with van der Waals surface area (Å²) in [5, 5.41) is 9.34. The van der Waals surface area contributed by atoms with E-state index in [2.05, 4.69) is 28.3 Å². The molecular formula is C15H25N3O3. The zero-order valence-corrected chi connectivity index (χ0v) is 12.9. The number of carboxylic acids is 1. The van der Waals surface area contributed by atoms with Gasteiger partial charge in [-0.05, 0) is 19.4 Å². The largest absolute Gasteiger partial charge is 0.481 e. The third-order valence-corrected chi connectivity index (χ3v) is 3.98. The SMILES string of the molecule is CCCN(Cc1cncn1CCC)C1COCC1C(=O)O. The lowest BCUT2D eigenvalue weighted by molar-refractivity contribution is -0.143. The van der Waals surface area contributed by atoms with Crippen molar-refractivity contribution in [3.8, 4) is 0 Å². The average molecular weight is 295 g/mol. The van der Waals surface area contributed by atoms with E-state index in [4.69, 9.17) is 4.74 Å². The fraction of sp³-hybridized carbons (Fsp3) is 0.733. The lowest BCUT2D eigenvalue weighted by atomic mass is 10.0. The molecule has 2 rings (SSSR count). The standard InChI is InChI=1S/C15H25N3O3/c1-3-5-17(14-10-21-9-13(14)15(19)20)8-12-7-16-11-18(12)6-4-2/h7,11,13-14H,3-6,8-10H2,1-2H3,(H,19,20). The molecule has 2 unspecified atom stereocenters. The maximum atomic E-state index is 11.4. The number of aromatic nitrogens is 2. The lowest BCUT2D eigenvalue weighted by Crippen LogP contribution is -2.43. The van der Waals surface area contributed by atoms with Crippen LogP contribution in [-0.2, 0) is 22.6 Å². The van der Waals surface area contributed by atoms with Crippen molar-refractivity contribution in [2.75, 3.05) is 19.8 Å². The number of carbonyl (C=O) groups is 1. The van der Waals surface area contributed by atoms with E-state index >= 15 is 0 Å². The molecule has 6 heteroatoms. The predicted molar refractivity (Wildman–Crippen MR) is 79.0 cm³/mol. The molecule has 1 aromatic heterocycles. The normalized spacial score (nSPS) is 22.0. The first-order valence-electron chi connectivity index (χ1n) is 7.71. The van der Waals surface area contributed by atoms with Gasteiger partial charge < -0.3 is 14.4 Å². The van der Waals surface area contributed by atoms with Crippen molar-refractivity contribution < 1.29 is 14.6 Å². The molecule has 1 aliphatic rings. The Labute approximate surface area is 125 Å². The van der Waals surface area contributed by atoms with Crippen molar-refractivity contribution in [3.05, 3.63) is 18.2 Å². The van der Waals surface area contributed by atoms with Gasteiger partial charge in [0.15, 0.2) is 0 Å². The number of nitrogens with zero attached hydrogens (tertiary/aromatic N) is 3. The Morgan fingerprint density at radius 3 is 2.95 bits per heavy atom. The molecule has 1 fully saturated rings. The average Bonchev–Trinajstić information content (AvgIpc) is 3.08. The quantitative estimate of drug-likeness (QED) is 0.789. The molecule has 0 bridgehead atoms. The van der Waals surface area contributed by atoms with E-state index in [-0.39, 0.29) is 6.04 Å². The number of aryl methyl sites for hydroxylation is 1. The fourth-order valence-corrected chi connectivity index (χ4v) is 2.92. The zero-order chi connectivity index (χ0) is 15.2. The summed E-state index contributed by atoms with van der Waals surface area (Å²) >= 11 is 0. The van der Waals surface area contributed by atoms with E-state index in [1.54, 1.807) is 0 Å². The van der Waals surface area contributed by atoms with Crippen LogP contribution in [0, 0.1) is 5.92 Å². The summed E-state index contributed by atoms with van der Waals surface area (Å²) in [5.74, 6) is -1.19. The summed E-state index contributed by atoms with van der Waals surface area (Å²) in [5.41, 5.74) is 1.14. The summed E-state index contributed by atoms with van der Waals surface area (Å²) in [6.07, 6.45) is 5.78. The van der Waals surface area contributed by atoms with E-state index in [9.17, 15) is 9.90 Å². The Balaban J connectivity index is 2.11. The highest BCUT2D eigenvalue weighted by molar-refractivity contribution is 5.71. The van der Waals surface area contributed by atoms with Gasteiger partial charge in [-0.15, -0.1) is 0 Å². The van der Waals surface area contributed by atoms with Crippen LogP contribution >= 0.6 is 0 Å². The molecule has 0 aromatic carbocycles. The van der Waals surface area contributed by atoms with Gasteiger partial charge in [0.25, 0.3) is 0 Å². The lowest BCUT2D eigenvalue weighted by Gasteiger charge is -2.30. The Morgan fingerprint density at radius 1 is 1.48 bits per heavy atom. The van der Waals surface area contributed by atoms with Crippen molar-refractivity contribution in [1.29, 1.82) is 0 Å². The van der Waals surface area contributed by atoms with Gasteiger partial charge in [-0.1, -0.05) is 13.8 Å². The molecule has 0 amide bonds. The predicted octanol–water partition coefficient (Wildman–Crippen LogP) is 1.60. The molecule has 6 nitrogen and oxygen atoms in total. The second-order valence-corrected chi connectivity index (χ2v) is 5.60. The second kappa shape index (κ2) is 7.56. The van der Waals surface area contributed by atoms with Gasteiger partial charge in [0.05, 0.1) is 31.2 Å². The molecule has 0 saturated carbocycles. The maximum absolute atomic E-state index is 11.4. The minimum atomic E-state index is -0.763. The molecule has 118 valence electrons. The molecule has 2 heterocycles. The van der Waals surface area contributed by atoms with Gasteiger partial charge in [0.1, 0.15) is 0 Å². The first-order valence-corrected chi connectivity index (χ1v) is 7.71. The van der Waals surface area contributed by atoms with E-state index in [0.717, 1.165) is 38.2 Å². The van der Waals surface area contributed by atoms with Gasteiger partial charge in [-0.3, -0.25) is 9.69 Å². The number of aliphatic carboxylic acids is 1. The third kappa shape index (κ3) is 3.83. The van der Waals surface area contributed by atoms with Crippen molar-refractivity contribution >= 4 is 5.97 Å². The third-order valence-electron chi connectivity index (χ3n) is 3.98. The topological polar surface area (TPSA) is 67.6 Å². The summed E-state index contributed by atoms with van der Waals surface area (Å²) in [6, 6.07) is -0.0487. The summed E-state index contributed by atoms with van der Waals surface area (Å²) < 4.78 is 7.56. The Hall–Kier alpha value is -1.40. The first-order chi connectivity index (χ1) is 10.2. The smallest absolute Gasteiger partial charge is 0.310 e. The number of ether oxygens (including phenoxy) is 1. The fourth-order valence-electron chi connectivity index (χ4n) is 2.92. The minimum Gasteiger partial charge on any atom is -0.481 e. The summed E-state index contributed by atoms with van der Waals surface area (Å²) in [6.45, 7) is 7.60. The molecule has 0 radical (unpaired) electrons. The highest BCUT2D eigenvalue weighted by Gasteiger charge is 2.37. The van der Waals surface area contributed by atoms with Crippen LogP contribution in [0.2, 0.25) is 0 Å². The molecule has 21 heavy (non-hydrogen) atoms. The molecule has 1 saturated heterocycles. The number of carboxylic acid groups (broad SMARTS) is 1. The van der Waals surface area contributed by atoms with Crippen molar-refractivity contribution in [1.82, 2.24) is 14.5 Å². The van der Waals surface area contributed by atoms with Gasteiger partial charge in [-0.2, -0.15) is 0 Å². The summed E-state index contributed by atoms with van der Waals surface area (Å²) in [4.78, 5) is 17.8. The summed E-state index contributed by atoms with van der Waals surface area (Å²) in [7, 11) is 0. The number of hydrogen-bond donors (Lipinski definition) is 1. The number of imidazole rings is 1. The van der Waals surface area contributed by atoms with Crippen LogP contribution in [0.25, 0.3) is 0 Å². The molecule has 0 aliphatic carbocycles. The van der Waals surface area contributed by atoms with Crippen LogP contribution in [0.3, 0.4) is 0 Å². The first kappa shape index (κ1) is 16.0. The van der Waals surface area contributed by atoms with Gasteiger partial charge in [0, 0.05) is 25.3 Å². The molecule has 0 spiro atoms. The Morgan fingerprint density at radius 2 is 2.29 bits per heavy atom. The van der Waals surface area contributed by atoms with E-state index < -0.39 is 11.9 Å². The molecular weight excluding hydrogens is 270 g/mol. The Bertz CT molecular complexity index is 461. The van der Waals surface area contributed by atoms with Crippen LogP contribution in [0.4, 0.5) is 0 Å². The van der Waals surface area contributed by atoms with Crippen LogP contribution in [0.1, 0.15) is 32.4 Å². The molecule has 1 aromatic rings. The second-order valence-electron chi connectivity index (χ2n) is 5.60. The van der Waals surface area contributed by atoms with E-state index in [1.807, 2.05) is 12.5 Å². The highest BCUT2D eigenvalue weighted by atomic mass is 16.5. The highest BCUT2D eigenvalue weighted by Crippen LogP contribution is 2.22. The van der Waals surface area contributed by atoms with Crippen LogP contribution in [-0.4, -0.2) is 51.3 Å². The van der Waals surface area contributed by atoms with E-state index in [0.29, 0.717) is 13.2 Å². The van der Waals surface area contributed by atoms with Gasteiger partial charge in [-0.25, -0.2) is 4.98 Å². The molecule has 2 atom stereocenters.